The maximum Gasteiger partial charge on any atom is 0.302 e. The molecule has 0 bridgehead atoms. The summed E-state index contributed by atoms with van der Waals surface area (Å²) in [6.45, 7) is 6.13. The number of hydrogen-bond acceptors (Lipinski definition) is 4. The summed E-state index contributed by atoms with van der Waals surface area (Å²) in [6.07, 6.45) is 7.38. The zero-order valence-electron chi connectivity index (χ0n) is 15.9. The largest absolute Gasteiger partial charge is 0.462 e. The van der Waals surface area contributed by atoms with Gasteiger partial charge in [-0.2, -0.15) is 0 Å². The lowest BCUT2D eigenvalue weighted by atomic mass is 9.44. The van der Waals surface area contributed by atoms with Crippen molar-refractivity contribution in [1.29, 1.82) is 0 Å². The SMILES string of the molecule is CC(=O)OC1C[C@@H](O)CC2CC[C@@H]3[C@H](CC[C@]4(C)[C@@H](O)CC[C@@H]34)[C@]21C. The second-order valence-corrected chi connectivity index (χ2v) is 9.88. The summed E-state index contributed by atoms with van der Waals surface area (Å²) >= 11 is 0. The Bertz CT molecular complexity index is 548. The van der Waals surface area contributed by atoms with Gasteiger partial charge in [0, 0.05) is 18.8 Å². The average Bonchev–Trinajstić information content (AvgIpc) is 2.84. The molecule has 0 aromatic heterocycles. The van der Waals surface area contributed by atoms with Gasteiger partial charge in [0.2, 0.25) is 0 Å². The van der Waals surface area contributed by atoms with E-state index in [1.165, 1.54) is 13.3 Å². The molecule has 4 aliphatic carbocycles. The van der Waals surface area contributed by atoms with Gasteiger partial charge in [-0.05, 0) is 74.0 Å². The summed E-state index contributed by atoms with van der Waals surface area (Å²) in [5.74, 6) is 2.00. The number of fused-ring (bicyclic) bond motifs is 5. The number of aliphatic hydroxyl groups is 2. The van der Waals surface area contributed by atoms with Crippen LogP contribution in [0, 0.1) is 34.5 Å². The Morgan fingerprint density at radius 3 is 2.48 bits per heavy atom. The highest BCUT2D eigenvalue weighted by Gasteiger charge is 2.63. The van der Waals surface area contributed by atoms with Crippen molar-refractivity contribution in [3.05, 3.63) is 0 Å². The van der Waals surface area contributed by atoms with E-state index >= 15 is 0 Å². The fourth-order valence-corrected chi connectivity index (χ4v) is 7.62. The Hall–Kier alpha value is -0.610. The summed E-state index contributed by atoms with van der Waals surface area (Å²) < 4.78 is 5.79. The molecule has 0 aliphatic heterocycles. The van der Waals surface area contributed by atoms with Crippen LogP contribution in [-0.4, -0.2) is 34.5 Å². The van der Waals surface area contributed by atoms with E-state index in [9.17, 15) is 15.0 Å². The van der Waals surface area contributed by atoms with Crippen LogP contribution in [0.5, 0.6) is 0 Å². The van der Waals surface area contributed by atoms with Gasteiger partial charge < -0.3 is 14.9 Å². The molecule has 142 valence electrons. The molecule has 4 aliphatic rings. The Balaban J connectivity index is 1.67. The molecule has 4 heteroatoms. The third kappa shape index (κ3) is 2.50. The number of rotatable bonds is 1. The molecule has 0 aromatic carbocycles. The monoisotopic (exact) mass is 350 g/mol. The van der Waals surface area contributed by atoms with Crippen molar-refractivity contribution < 1.29 is 19.7 Å². The van der Waals surface area contributed by atoms with Gasteiger partial charge in [-0.3, -0.25) is 4.79 Å². The number of esters is 1. The molecule has 2 N–H and O–H groups in total. The van der Waals surface area contributed by atoms with E-state index in [1.807, 2.05) is 0 Å². The van der Waals surface area contributed by atoms with Crippen LogP contribution >= 0.6 is 0 Å². The van der Waals surface area contributed by atoms with Gasteiger partial charge >= 0.3 is 5.97 Å². The van der Waals surface area contributed by atoms with E-state index in [0.29, 0.717) is 30.1 Å². The maximum absolute atomic E-state index is 11.7. The Kier molecular flexibility index (Phi) is 4.23. The average molecular weight is 350 g/mol. The predicted molar refractivity (Wildman–Crippen MR) is 94.7 cm³/mol. The molecule has 0 radical (unpaired) electrons. The number of carbonyl (C=O) groups is 1. The van der Waals surface area contributed by atoms with Gasteiger partial charge in [0.1, 0.15) is 6.10 Å². The molecule has 0 heterocycles. The summed E-state index contributed by atoms with van der Waals surface area (Å²) in [7, 11) is 0. The molecule has 25 heavy (non-hydrogen) atoms. The molecule has 0 amide bonds. The van der Waals surface area contributed by atoms with Gasteiger partial charge in [0.25, 0.3) is 0 Å². The van der Waals surface area contributed by atoms with Gasteiger partial charge in [-0.1, -0.05) is 13.8 Å². The Morgan fingerprint density at radius 2 is 1.76 bits per heavy atom. The van der Waals surface area contributed by atoms with Crippen molar-refractivity contribution in [2.75, 3.05) is 0 Å². The standard InChI is InChI=1S/C21H34O4/c1-12(22)25-19-11-14(23)10-13-4-5-15-16-6-7-18(24)20(16,2)9-8-17(15)21(13,19)3/h13-19,23-24H,4-11H2,1-3H3/t13?,14-,15-,16-,17-,18-,19?,20-,21-/m0/s1. The minimum Gasteiger partial charge on any atom is -0.462 e. The van der Waals surface area contributed by atoms with E-state index < -0.39 is 0 Å². The maximum atomic E-state index is 11.7. The van der Waals surface area contributed by atoms with Crippen LogP contribution in [0.2, 0.25) is 0 Å². The highest BCUT2D eigenvalue weighted by atomic mass is 16.5. The zero-order chi connectivity index (χ0) is 18.0. The topological polar surface area (TPSA) is 66.8 Å². The van der Waals surface area contributed by atoms with E-state index in [0.717, 1.165) is 38.5 Å². The van der Waals surface area contributed by atoms with E-state index in [-0.39, 0.29) is 35.1 Å². The molecule has 0 spiro atoms. The third-order valence-electron chi connectivity index (χ3n) is 8.96. The highest BCUT2D eigenvalue weighted by molar-refractivity contribution is 5.66. The first kappa shape index (κ1) is 17.8. The van der Waals surface area contributed by atoms with E-state index in [1.54, 1.807) is 0 Å². The van der Waals surface area contributed by atoms with Crippen molar-refractivity contribution in [1.82, 2.24) is 0 Å². The lowest BCUT2D eigenvalue weighted by Crippen LogP contribution is -2.60. The van der Waals surface area contributed by atoms with E-state index in [4.69, 9.17) is 4.74 Å². The number of aliphatic hydroxyl groups excluding tert-OH is 2. The molecular formula is C21H34O4. The fraction of sp³-hybridized carbons (Fsp3) is 0.952. The first-order chi connectivity index (χ1) is 11.8. The summed E-state index contributed by atoms with van der Waals surface area (Å²) in [4.78, 5) is 11.7. The Labute approximate surface area is 151 Å². The first-order valence-electron chi connectivity index (χ1n) is 10.3. The first-order valence-corrected chi connectivity index (χ1v) is 10.3. The molecule has 9 atom stereocenters. The fourth-order valence-electron chi connectivity index (χ4n) is 7.62. The number of hydrogen-bond donors (Lipinski definition) is 2. The van der Waals surface area contributed by atoms with Crippen LogP contribution in [0.4, 0.5) is 0 Å². The van der Waals surface area contributed by atoms with Crippen LogP contribution in [0.15, 0.2) is 0 Å². The number of ether oxygens (including phenoxy) is 1. The van der Waals surface area contributed by atoms with Crippen molar-refractivity contribution in [2.45, 2.75) is 90.4 Å². The minimum absolute atomic E-state index is 0.0251. The molecule has 4 nitrogen and oxygen atoms in total. The van der Waals surface area contributed by atoms with Gasteiger partial charge in [0.15, 0.2) is 0 Å². The van der Waals surface area contributed by atoms with Crippen LogP contribution in [0.25, 0.3) is 0 Å². The predicted octanol–water partition coefficient (Wildman–Crippen LogP) is 3.29. The van der Waals surface area contributed by atoms with Gasteiger partial charge in [-0.25, -0.2) is 0 Å². The minimum atomic E-state index is -0.346. The second-order valence-electron chi connectivity index (χ2n) is 9.88. The van der Waals surface area contributed by atoms with Crippen molar-refractivity contribution in [3.63, 3.8) is 0 Å². The molecule has 0 saturated heterocycles. The summed E-state index contributed by atoms with van der Waals surface area (Å²) in [5.41, 5.74) is 0.0537. The summed E-state index contributed by atoms with van der Waals surface area (Å²) in [5, 5.41) is 20.9. The lowest BCUT2D eigenvalue weighted by molar-refractivity contribution is -0.202. The van der Waals surface area contributed by atoms with Gasteiger partial charge in [0.05, 0.1) is 12.2 Å². The molecule has 4 fully saturated rings. The molecular weight excluding hydrogens is 316 g/mol. The Morgan fingerprint density at radius 1 is 1.00 bits per heavy atom. The molecule has 0 aromatic rings. The van der Waals surface area contributed by atoms with Crippen LogP contribution in [0.1, 0.15) is 72.1 Å². The lowest BCUT2D eigenvalue weighted by Gasteiger charge is -2.62. The van der Waals surface area contributed by atoms with Gasteiger partial charge in [-0.15, -0.1) is 0 Å². The highest BCUT2D eigenvalue weighted by Crippen LogP contribution is 2.66. The zero-order valence-corrected chi connectivity index (χ0v) is 15.9. The second kappa shape index (κ2) is 5.95. The molecule has 4 rings (SSSR count). The number of carbonyl (C=O) groups excluding carboxylic acids is 1. The van der Waals surface area contributed by atoms with Crippen molar-refractivity contribution in [3.8, 4) is 0 Å². The molecule has 2 unspecified atom stereocenters. The summed E-state index contributed by atoms with van der Waals surface area (Å²) in [6, 6.07) is 0. The van der Waals surface area contributed by atoms with Crippen LogP contribution in [-0.2, 0) is 9.53 Å². The quantitative estimate of drug-likeness (QED) is 0.712. The third-order valence-corrected chi connectivity index (χ3v) is 8.96. The van der Waals surface area contributed by atoms with Crippen LogP contribution < -0.4 is 0 Å². The molecule has 4 saturated carbocycles. The normalized spacial score (nSPS) is 55.0. The van der Waals surface area contributed by atoms with Crippen LogP contribution in [0.3, 0.4) is 0 Å². The smallest absolute Gasteiger partial charge is 0.302 e. The van der Waals surface area contributed by atoms with Crippen molar-refractivity contribution >= 4 is 5.97 Å². The van der Waals surface area contributed by atoms with Crippen molar-refractivity contribution in [2.24, 2.45) is 34.5 Å². The van der Waals surface area contributed by atoms with E-state index in [2.05, 4.69) is 13.8 Å².